The van der Waals surface area contributed by atoms with E-state index in [1.54, 1.807) is 0 Å². The zero-order valence-corrected chi connectivity index (χ0v) is 10.8. The van der Waals surface area contributed by atoms with E-state index in [9.17, 15) is 0 Å². The standard InChI is InChI=1S/C16H20N2/c1-2-4-15(5-3-1)16-7-10-18(11-8-16)13-14-6-9-17-12-14/h1-5,9,12,16H,6-8,10-11,13H2. The SMILES string of the molecule is C1=NC=C(CN2CCC(c3ccccc3)CC2)C1. The maximum Gasteiger partial charge on any atom is 0.0272 e. The van der Waals surface area contributed by atoms with E-state index in [1.807, 2.05) is 12.4 Å². The van der Waals surface area contributed by atoms with E-state index in [-0.39, 0.29) is 0 Å². The minimum atomic E-state index is 0.760. The Labute approximate surface area is 109 Å². The summed E-state index contributed by atoms with van der Waals surface area (Å²) in [5, 5.41) is 0. The molecule has 0 spiro atoms. The minimum Gasteiger partial charge on any atom is -0.299 e. The van der Waals surface area contributed by atoms with Crippen molar-refractivity contribution in [1.29, 1.82) is 0 Å². The molecule has 0 atom stereocenters. The summed E-state index contributed by atoms with van der Waals surface area (Å²) in [5.41, 5.74) is 2.98. The van der Waals surface area contributed by atoms with Crippen LogP contribution in [0, 0.1) is 0 Å². The van der Waals surface area contributed by atoms with Crippen molar-refractivity contribution < 1.29 is 0 Å². The lowest BCUT2D eigenvalue weighted by Crippen LogP contribution is -2.34. The first-order chi connectivity index (χ1) is 8.92. The molecule has 2 nitrogen and oxygen atoms in total. The number of likely N-dealkylation sites (tertiary alicyclic amines) is 1. The van der Waals surface area contributed by atoms with Crippen LogP contribution in [0.3, 0.4) is 0 Å². The first-order valence-corrected chi connectivity index (χ1v) is 6.88. The largest absolute Gasteiger partial charge is 0.299 e. The van der Waals surface area contributed by atoms with Gasteiger partial charge in [-0.05, 0) is 43.0 Å². The van der Waals surface area contributed by atoms with Crippen LogP contribution in [0.5, 0.6) is 0 Å². The molecule has 3 rings (SSSR count). The van der Waals surface area contributed by atoms with E-state index >= 15 is 0 Å². The molecule has 94 valence electrons. The summed E-state index contributed by atoms with van der Waals surface area (Å²) >= 11 is 0. The highest BCUT2D eigenvalue weighted by Crippen LogP contribution is 2.28. The Kier molecular flexibility index (Phi) is 3.56. The van der Waals surface area contributed by atoms with Gasteiger partial charge in [0.25, 0.3) is 0 Å². The van der Waals surface area contributed by atoms with Crippen molar-refractivity contribution in [3.8, 4) is 0 Å². The van der Waals surface area contributed by atoms with Gasteiger partial charge in [-0.15, -0.1) is 0 Å². The smallest absolute Gasteiger partial charge is 0.0272 e. The molecular formula is C16H20N2. The lowest BCUT2D eigenvalue weighted by Gasteiger charge is -2.32. The third-order valence-corrected chi connectivity index (χ3v) is 4.00. The number of benzene rings is 1. The second-order valence-corrected chi connectivity index (χ2v) is 5.28. The van der Waals surface area contributed by atoms with Crippen LogP contribution in [0.2, 0.25) is 0 Å². The monoisotopic (exact) mass is 240 g/mol. The molecule has 0 aliphatic carbocycles. The van der Waals surface area contributed by atoms with Crippen molar-refractivity contribution in [2.45, 2.75) is 25.2 Å². The van der Waals surface area contributed by atoms with Crippen molar-refractivity contribution in [2.75, 3.05) is 19.6 Å². The number of rotatable bonds is 3. The Morgan fingerprint density at radius 2 is 1.89 bits per heavy atom. The van der Waals surface area contributed by atoms with Gasteiger partial charge in [0.1, 0.15) is 0 Å². The van der Waals surface area contributed by atoms with Gasteiger partial charge in [-0.2, -0.15) is 0 Å². The summed E-state index contributed by atoms with van der Waals surface area (Å²) in [6.07, 6.45) is 7.67. The lowest BCUT2D eigenvalue weighted by atomic mass is 9.89. The van der Waals surface area contributed by atoms with E-state index in [0.29, 0.717) is 0 Å². The maximum atomic E-state index is 4.18. The van der Waals surface area contributed by atoms with Crippen LogP contribution in [0.4, 0.5) is 0 Å². The van der Waals surface area contributed by atoms with Crippen LogP contribution in [-0.4, -0.2) is 30.7 Å². The van der Waals surface area contributed by atoms with E-state index < -0.39 is 0 Å². The van der Waals surface area contributed by atoms with Crippen LogP contribution in [0.1, 0.15) is 30.7 Å². The van der Waals surface area contributed by atoms with E-state index in [1.165, 1.54) is 37.1 Å². The molecule has 0 unspecified atom stereocenters. The average Bonchev–Trinajstić information content (AvgIpc) is 2.94. The van der Waals surface area contributed by atoms with Gasteiger partial charge in [-0.3, -0.25) is 9.89 Å². The molecule has 1 aromatic rings. The molecule has 1 aromatic carbocycles. The van der Waals surface area contributed by atoms with Gasteiger partial charge in [0.15, 0.2) is 0 Å². The predicted molar refractivity (Wildman–Crippen MR) is 76.0 cm³/mol. The third kappa shape index (κ3) is 2.70. The molecule has 18 heavy (non-hydrogen) atoms. The Morgan fingerprint density at radius 3 is 2.56 bits per heavy atom. The van der Waals surface area contributed by atoms with Crippen LogP contribution >= 0.6 is 0 Å². The first-order valence-electron chi connectivity index (χ1n) is 6.88. The second kappa shape index (κ2) is 5.49. The van der Waals surface area contributed by atoms with Gasteiger partial charge in [-0.25, -0.2) is 0 Å². The third-order valence-electron chi connectivity index (χ3n) is 4.00. The molecule has 1 fully saturated rings. The minimum absolute atomic E-state index is 0.760. The highest BCUT2D eigenvalue weighted by molar-refractivity contribution is 5.65. The molecule has 1 saturated heterocycles. The van der Waals surface area contributed by atoms with Crippen molar-refractivity contribution in [3.63, 3.8) is 0 Å². The summed E-state index contributed by atoms with van der Waals surface area (Å²) in [6.45, 7) is 3.55. The average molecular weight is 240 g/mol. The molecule has 0 amide bonds. The van der Waals surface area contributed by atoms with E-state index in [2.05, 4.69) is 40.2 Å². The fourth-order valence-electron chi connectivity index (χ4n) is 2.92. The summed E-state index contributed by atoms with van der Waals surface area (Å²) < 4.78 is 0. The number of aliphatic imine (C=N–C) groups is 1. The van der Waals surface area contributed by atoms with E-state index in [0.717, 1.165) is 18.9 Å². The van der Waals surface area contributed by atoms with Crippen molar-refractivity contribution in [3.05, 3.63) is 47.7 Å². The number of piperidine rings is 1. The molecule has 2 heterocycles. The molecular weight excluding hydrogens is 220 g/mol. The van der Waals surface area contributed by atoms with Crippen LogP contribution in [-0.2, 0) is 0 Å². The fraction of sp³-hybridized carbons (Fsp3) is 0.438. The highest BCUT2D eigenvalue weighted by Gasteiger charge is 2.20. The normalized spacial score (nSPS) is 21.2. The second-order valence-electron chi connectivity index (χ2n) is 5.28. The van der Waals surface area contributed by atoms with Gasteiger partial charge in [-0.1, -0.05) is 30.3 Å². The predicted octanol–water partition coefficient (Wildman–Crippen LogP) is 3.22. The number of hydrogen-bond acceptors (Lipinski definition) is 2. The number of nitrogens with zero attached hydrogens (tertiary/aromatic N) is 2. The van der Waals surface area contributed by atoms with Gasteiger partial charge >= 0.3 is 0 Å². The number of hydrogen-bond donors (Lipinski definition) is 0. The van der Waals surface area contributed by atoms with Gasteiger partial charge in [0.05, 0.1) is 0 Å². The Balaban J connectivity index is 1.52. The summed E-state index contributed by atoms with van der Waals surface area (Å²) in [5.74, 6) is 0.760. The van der Waals surface area contributed by atoms with Crippen molar-refractivity contribution in [1.82, 2.24) is 4.90 Å². The molecule has 2 aliphatic rings. The Hall–Kier alpha value is -1.41. The molecule has 2 heteroatoms. The topological polar surface area (TPSA) is 15.6 Å². The molecule has 0 radical (unpaired) electrons. The maximum absolute atomic E-state index is 4.18. The molecule has 0 saturated carbocycles. The lowest BCUT2D eigenvalue weighted by molar-refractivity contribution is 0.227. The van der Waals surface area contributed by atoms with Crippen LogP contribution in [0.15, 0.2) is 47.1 Å². The Morgan fingerprint density at radius 1 is 1.11 bits per heavy atom. The molecule has 0 bridgehead atoms. The quantitative estimate of drug-likeness (QED) is 0.792. The summed E-state index contributed by atoms with van der Waals surface area (Å²) in [7, 11) is 0. The zero-order chi connectivity index (χ0) is 12.2. The first kappa shape index (κ1) is 11.7. The van der Waals surface area contributed by atoms with Gasteiger partial charge in [0.2, 0.25) is 0 Å². The van der Waals surface area contributed by atoms with E-state index in [4.69, 9.17) is 0 Å². The molecule has 0 aromatic heterocycles. The highest BCUT2D eigenvalue weighted by atomic mass is 15.1. The Bertz CT molecular complexity index is 439. The molecule has 2 aliphatic heterocycles. The fourth-order valence-corrected chi connectivity index (χ4v) is 2.92. The summed E-state index contributed by atoms with van der Waals surface area (Å²) in [4.78, 5) is 6.75. The van der Waals surface area contributed by atoms with Crippen molar-refractivity contribution in [2.24, 2.45) is 4.99 Å². The van der Waals surface area contributed by atoms with Crippen molar-refractivity contribution >= 4 is 6.21 Å². The molecule has 0 N–H and O–H groups in total. The van der Waals surface area contributed by atoms with Crippen LogP contribution in [0.25, 0.3) is 0 Å². The van der Waals surface area contributed by atoms with Gasteiger partial charge < -0.3 is 0 Å². The zero-order valence-electron chi connectivity index (χ0n) is 10.8. The summed E-state index contributed by atoms with van der Waals surface area (Å²) in [6, 6.07) is 11.0. The van der Waals surface area contributed by atoms with Gasteiger partial charge in [0, 0.05) is 25.4 Å². The van der Waals surface area contributed by atoms with Crippen LogP contribution < -0.4 is 0 Å².